The highest BCUT2D eigenvalue weighted by atomic mass is 79.9. The number of hydrogen-bond donors (Lipinski definition) is 1. The molecule has 1 atom stereocenters. The lowest BCUT2D eigenvalue weighted by Crippen LogP contribution is -2.19. The molecule has 6 nitrogen and oxygen atoms in total. The van der Waals surface area contributed by atoms with Crippen LogP contribution in [0.5, 0.6) is 0 Å². The predicted octanol–water partition coefficient (Wildman–Crippen LogP) is 3.99. The quantitative estimate of drug-likeness (QED) is 0.407. The second-order valence-electron chi connectivity index (χ2n) is 4.60. The molecule has 1 heterocycles. The summed E-state index contributed by atoms with van der Waals surface area (Å²) in [5.74, 6) is -0.527. The maximum Gasteiger partial charge on any atom is 0.319 e. The SMILES string of the molecule is CCOC(=O)[C@H](CC)Sc1nnc(NC(=O)c2cccc(Br)c2)s1. The monoisotopic (exact) mass is 429 g/mol. The number of carbonyl (C=O) groups is 2. The smallest absolute Gasteiger partial charge is 0.319 e. The topological polar surface area (TPSA) is 81.2 Å². The van der Waals surface area contributed by atoms with Crippen LogP contribution in [0, 0.1) is 0 Å². The lowest BCUT2D eigenvalue weighted by Gasteiger charge is -2.10. The molecule has 2 aromatic rings. The number of rotatable bonds is 7. The number of amides is 1. The average molecular weight is 430 g/mol. The van der Waals surface area contributed by atoms with Crippen LogP contribution in [0.3, 0.4) is 0 Å². The van der Waals surface area contributed by atoms with Crippen molar-refractivity contribution < 1.29 is 14.3 Å². The number of nitrogens with one attached hydrogen (secondary N) is 1. The Balaban J connectivity index is 2.00. The van der Waals surface area contributed by atoms with Crippen molar-refractivity contribution >= 4 is 56.0 Å². The number of hydrogen-bond acceptors (Lipinski definition) is 7. The first-order valence-corrected chi connectivity index (χ1v) is 9.76. The summed E-state index contributed by atoms with van der Waals surface area (Å²) < 4.78 is 6.46. The Kier molecular flexibility index (Phi) is 7.19. The zero-order valence-electron chi connectivity index (χ0n) is 13.1. The summed E-state index contributed by atoms with van der Waals surface area (Å²) in [6.45, 7) is 4.03. The molecule has 0 aliphatic rings. The van der Waals surface area contributed by atoms with Crippen molar-refractivity contribution in [3.8, 4) is 0 Å². The average Bonchev–Trinajstić information content (AvgIpc) is 2.99. The standard InChI is InChI=1S/C15H16BrN3O3S2/c1-3-11(13(21)22-4-2)23-15-19-18-14(24-15)17-12(20)9-6-5-7-10(16)8-9/h5-8,11H,3-4H2,1-2H3,(H,17,18,20)/t11-/m0/s1. The summed E-state index contributed by atoms with van der Waals surface area (Å²) in [6, 6.07) is 7.06. The maximum absolute atomic E-state index is 12.2. The van der Waals surface area contributed by atoms with E-state index in [0.29, 0.717) is 28.1 Å². The fourth-order valence-corrected chi connectivity index (χ4v) is 4.07. The van der Waals surface area contributed by atoms with Crippen molar-refractivity contribution in [2.45, 2.75) is 29.9 Å². The van der Waals surface area contributed by atoms with Crippen LogP contribution in [-0.4, -0.2) is 33.9 Å². The van der Waals surface area contributed by atoms with Gasteiger partial charge in [0.2, 0.25) is 5.13 Å². The van der Waals surface area contributed by atoms with Crippen molar-refractivity contribution in [2.24, 2.45) is 0 Å². The number of aromatic nitrogens is 2. The van der Waals surface area contributed by atoms with Gasteiger partial charge in [0, 0.05) is 10.0 Å². The molecule has 0 bridgehead atoms. The molecule has 0 unspecified atom stereocenters. The zero-order chi connectivity index (χ0) is 17.5. The first-order chi connectivity index (χ1) is 11.5. The molecule has 128 valence electrons. The number of nitrogens with zero attached hydrogens (tertiary/aromatic N) is 2. The van der Waals surface area contributed by atoms with Crippen LogP contribution in [-0.2, 0) is 9.53 Å². The molecule has 9 heteroatoms. The molecule has 24 heavy (non-hydrogen) atoms. The number of anilines is 1. The van der Waals surface area contributed by atoms with Crippen LogP contribution in [0.1, 0.15) is 30.6 Å². The Morgan fingerprint density at radius 3 is 2.83 bits per heavy atom. The molecule has 1 aromatic heterocycles. The first kappa shape index (κ1) is 18.9. The Bertz CT molecular complexity index is 723. The Hall–Kier alpha value is -1.45. The van der Waals surface area contributed by atoms with Gasteiger partial charge in [0.1, 0.15) is 5.25 Å². The first-order valence-electron chi connectivity index (χ1n) is 7.27. The molecule has 0 spiro atoms. The van der Waals surface area contributed by atoms with Gasteiger partial charge in [0.25, 0.3) is 5.91 Å². The minimum absolute atomic E-state index is 0.263. The van der Waals surface area contributed by atoms with E-state index in [4.69, 9.17) is 4.74 Å². The molecule has 1 N–H and O–H groups in total. The minimum atomic E-state index is -0.327. The second kappa shape index (κ2) is 9.14. The van der Waals surface area contributed by atoms with E-state index in [0.717, 1.165) is 4.47 Å². The van der Waals surface area contributed by atoms with Gasteiger partial charge in [-0.25, -0.2) is 0 Å². The molecule has 2 rings (SSSR count). The highest BCUT2D eigenvalue weighted by Crippen LogP contribution is 2.31. The number of ether oxygens (including phenoxy) is 1. The third-order valence-corrected chi connectivity index (χ3v) is 5.64. The van der Waals surface area contributed by atoms with Gasteiger partial charge in [-0.3, -0.25) is 14.9 Å². The van der Waals surface area contributed by atoms with E-state index in [9.17, 15) is 9.59 Å². The largest absolute Gasteiger partial charge is 0.465 e. The van der Waals surface area contributed by atoms with Crippen LogP contribution < -0.4 is 5.32 Å². The third-order valence-electron chi connectivity index (χ3n) is 2.88. The van der Waals surface area contributed by atoms with Gasteiger partial charge in [0.05, 0.1) is 6.61 Å². The number of carbonyl (C=O) groups excluding carboxylic acids is 2. The molecule has 0 saturated carbocycles. The van der Waals surface area contributed by atoms with Gasteiger partial charge in [-0.1, -0.05) is 52.0 Å². The van der Waals surface area contributed by atoms with Gasteiger partial charge in [-0.2, -0.15) is 0 Å². The fourth-order valence-electron chi connectivity index (χ4n) is 1.76. The minimum Gasteiger partial charge on any atom is -0.465 e. The lowest BCUT2D eigenvalue weighted by molar-refractivity contribution is -0.142. The lowest BCUT2D eigenvalue weighted by atomic mass is 10.2. The van der Waals surface area contributed by atoms with E-state index < -0.39 is 0 Å². The van der Waals surface area contributed by atoms with Crippen LogP contribution in [0.4, 0.5) is 5.13 Å². The molecule has 0 radical (unpaired) electrons. The molecule has 0 aliphatic carbocycles. The highest BCUT2D eigenvalue weighted by molar-refractivity contribution is 9.10. The van der Waals surface area contributed by atoms with Crippen molar-refractivity contribution in [1.29, 1.82) is 0 Å². The van der Waals surface area contributed by atoms with Gasteiger partial charge < -0.3 is 4.74 Å². The normalized spacial score (nSPS) is 11.8. The summed E-state index contributed by atoms with van der Waals surface area (Å²) >= 11 is 5.85. The maximum atomic E-state index is 12.2. The Labute approximate surface area is 156 Å². The van der Waals surface area contributed by atoms with E-state index >= 15 is 0 Å². The van der Waals surface area contributed by atoms with Crippen LogP contribution in [0.25, 0.3) is 0 Å². The highest BCUT2D eigenvalue weighted by Gasteiger charge is 2.21. The van der Waals surface area contributed by atoms with Gasteiger partial charge in [-0.05, 0) is 31.5 Å². The molecule has 1 amide bonds. The summed E-state index contributed by atoms with van der Waals surface area (Å²) in [7, 11) is 0. The van der Waals surface area contributed by atoms with E-state index in [2.05, 4.69) is 31.4 Å². The van der Waals surface area contributed by atoms with Crippen LogP contribution >= 0.6 is 39.0 Å². The Morgan fingerprint density at radius 2 is 2.17 bits per heavy atom. The van der Waals surface area contributed by atoms with Crippen LogP contribution in [0.15, 0.2) is 33.1 Å². The van der Waals surface area contributed by atoms with Crippen molar-refractivity contribution in [2.75, 3.05) is 11.9 Å². The van der Waals surface area contributed by atoms with Gasteiger partial charge in [-0.15, -0.1) is 10.2 Å². The second-order valence-corrected chi connectivity index (χ2v) is 7.95. The molecule has 0 aliphatic heterocycles. The van der Waals surface area contributed by atoms with Crippen molar-refractivity contribution in [3.63, 3.8) is 0 Å². The summed E-state index contributed by atoms with van der Waals surface area (Å²) in [5, 5.41) is 10.7. The molecular formula is C15H16BrN3O3S2. The number of esters is 1. The fraction of sp³-hybridized carbons (Fsp3) is 0.333. The molecular weight excluding hydrogens is 414 g/mol. The van der Waals surface area contributed by atoms with Crippen molar-refractivity contribution in [3.05, 3.63) is 34.3 Å². The third kappa shape index (κ3) is 5.29. The van der Waals surface area contributed by atoms with E-state index in [1.165, 1.54) is 23.1 Å². The molecule has 0 fully saturated rings. The molecule has 0 saturated heterocycles. The Morgan fingerprint density at radius 1 is 1.38 bits per heavy atom. The number of thioether (sulfide) groups is 1. The van der Waals surface area contributed by atoms with Gasteiger partial charge >= 0.3 is 5.97 Å². The number of benzene rings is 1. The zero-order valence-corrected chi connectivity index (χ0v) is 16.3. The molecule has 1 aromatic carbocycles. The van der Waals surface area contributed by atoms with Crippen molar-refractivity contribution in [1.82, 2.24) is 10.2 Å². The predicted molar refractivity (Wildman–Crippen MR) is 98.6 cm³/mol. The van der Waals surface area contributed by atoms with E-state index in [-0.39, 0.29) is 17.1 Å². The van der Waals surface area contributed by atoms with E-state index in [1.807, 2.05) is 13.0 Å². The summed E-state index contributed by atoms with van der Waals surface area (Å²) in [5.41, 5.74) is 0.520. The van der Waals surface area contributed by atoms with E-state index in [1.54, 1.807) is 25.1 Å². The number of halogens is 1. The summed E-state index contributed by atoms with van der Waals surface area (Å²) in [4.78, 5) is 24.0. The van der Waals surface area contributed by atoms with Crippen LogP contribution in [0.2, 0.25) is 0 Å². The summed E-state index contributed by atoms with van der Waals surface area (Å²) in [6.07, 6.45) is 0.628. The van der Waals surface area contributed by atoms with Gasteiger partial charge in [0.15, 0.2) is 4.34 Å².